The number of unbranched alkanes of at least 4 members (excludes halogenated alkanes) is 1. The van der Waals surface area contributed by atoms with Crippen LogP contribution in [0.15, 0.2) is 24.3 Å². The van der Waals surface area contributed by atoms with E-state index in [1.165, 1.54) is 29.2 Å². The summed E-state index contributed by atoms with van der Waals surface area (Å²) in [5.74, 6) is -13.1. The van der Waals surface area contributed by atoms with Crippen molar-refractivity contribution in [3.05, 3.63) is 29.8 Å². The quantitative estimate of drug-likeness (QED) is 0.0166. The number of phenolic OH excluding ortho intramolecular Hbond substituents is 1. The maximum atomic E-state index is 14.8. The number of carbonyl (C=O) groups excluding carboxylic acids is 13. The summed E-state index contributed by atoms with van der Waals surface area (Å²) in [7, 11) is 0. The van der Waals surface area contributed by atoms with E-state index in [1.807, 2.05) is 0 Å². The van der Waals surface area contributed by atoms with Crippen LogP contribution in [0.4, 0.5) is 0 Å². The number of quaternary nitrogens is 1. The van der Waals surface area contributed by atoms with E-state index in [0.717, 1.165) is 4.90 Å². The van der Waals surface area contributed by atoms with E-state index >= 15 is 0 Å². The van der Waals surface area contributed by atoms with E-state index < -0.39 is 151 Å². The largest absolute Gasteiger partial charge is 0.550 e. The van der Waals surface area contributed by atoms with Gasteiger partial charge in [-0.25, -0.2) is 0 Å². The number of rotatable bonds is 38. The van der Waals surface area contributed by atoms with Gasteiger partial charge in [-0.3, -0.25) is 85.7 Å². The van der Waals surface area contributed by atoms with Gasteiger partial charge in [0.05, 0.1) is 38.1 Å². The summed E-state index contributed by atoms with van der Waals surface area (Å²) >= 11 is 0. The van der Waals surface area contributed by atoms with Gasteiger partial charge >= 0.3 is 11.9 Å². The van der Waals surface area contributed by atoms with Crippen molar-refractivity contribution in [2.24, 2.45) is 34.6 Å². The zero-order chi connectivity index (χ0) is 67.5. The Bertz CT molecular complexity index is 2810. The van der Waals surface area contributed by atoms with Crippen molar-refractivity contribution in [3.63, 3.8) is 0 Å². The second kappa shape index (κ2) is 36.9. The van der Waals surface area contributed by atoms with Gasteiger partial charge in [0, 0.05) is 31.9 Å². The average molecular weight is 1280 g/mol. The lowest BCUT2D eigenvalue weighted by Gasteiger charge is -2.32. The standard InChI is InChI=1S/C57H90N18O16/c1-30(2)27-38(71-47(82)34-18-20-44(78)66-34)49(84)72-39(28-31-14-16-32(76)17-15-31)50(85)67-35(19-21-45(79)80)48(83)73-40(29-43(59)77)51(86)70-36(9-3-4-22-58)53(88)74-25-7-12-41(74)52(87)68-33(10-5-23-64-56(60)61)46(81)69-37(11-6-24-65-57(62)63)54(89)75-26-8-13-42(75)55(90)91/h14-17,30,33-42,76H,3-13,18-29,58H2,1-2H3,(H2,59,77)(H,66,78)(H,67,85)(H,68,87)(H,69,81)(H,70,86)(H,71,82)(H,72,84)(H,73,83)(H,79,80)(H,90,91)(H4,60,61,64)(H4,62,63,65)/p+1/t33-,34-,35-,36-,37-,38-,39-,40-,41-,42-/m0/s1. The Labute approximate surface area is 525 Å². The summed E-state index contributed by atoms with van der Waals surface area (Å²) < 4.78 is 0. The maximum Gasteiger partial charge on any atom is 0.338 e. The van der Waals surface area contributed by atoms with E-state index in [1.54, 1.807) is 13.8 Å². The number of hydrogen-bond donors (Lipinski definition) is 17. The highest BCUT2D eigenvalue weighted by Gasteiger charge is 2.42. The van der Waals surface area contributed by atoms with Crippen molar-refractivity contribution in [2.45, 2.75) is 190 Å². The number of likely N-dealkylation sites (tertiary alicyclic amines) is 2. The molecule has 0 aliphatic carbocycles. The van der Waals surface area contributed by atoms with Crippen LogP contribution in [0, 0.1) is 5.92 Å². The highest BCUT2D eigenvalue weighted by molar-refractivity contribution is 6.00. The van der Waals surface area contributed by atoms with E-state index in [0.29, 0.717) is 24.9 Å². The van der Waals surface area contributed by atoms with Gasteiger partial charge < -0.3 is 88.7 Å². The number of carboxylic acid groups (broad SMARTS) is 2. The van der Waals surface area contributed by atoms with Crippen LogP contribution in [-0.4, -0.2) is 197 Å². The predicted octanol–water partition coefficient (Wildman–Crippen LogP) is -12.5. The van der Waals surface area contributed by atoms with Crippen LogP contribution in [0.5, 0.6) is 5.75 Å². The fourth-order valence-electron chi connectivity index (χ4n) is 10.8. The predicted molar refractivity (Wildman–Crippen MR) is 317 cm³/mol. The molecule has 10 atom stereocenters. The number of nitrogens with one attached hydrogen (secondary N) is 10. The van der Waals surface area contributed by atoms with Gasteiger partial charge in [-0.2, -0.15) is 0 Å². The number of primary amides is 1. The molecule has 24 N–H and O–H groups in total. The van der Waals surface area contributed by atoms with Gasteiger partial charge in [0.25, 0.3) is 0 Å². The molecule has 3 saturated heterocycles. The van der Waals surface area contributed by atoms with Gasteiger partial charge in [-0.1, -0.05) is 26.0 Å². The SMILES string of the molecule is CC(C)C[C@H](NC(=O)[C@@H]1CCC(=O)N1)C(=O)N[C@@H](Cc1ccc(O)cc1)C(=O)N[C@@H](CCC(=O)[O-])C(=O)N[C@@H](CC(N)=O)C(=O)N[C@@H](CCCC[NH3+])C(=O)N1CCC[C@H]1C(=O)N[C@@H](CCC[NH+]=C(N)N)C(=O)N[C@@H](CCC[NH+]=C(N)N)C(=O)N1CCC[C@H]1C(=O)[O-]. The smallest absolute Gasteiger partial charge is 0.338 e. The van der Waals surface area contributed by atoms with Crippen LogP contribution in [0.3, 0.4) is 0 Å². The number of carbonyl (C=O) groups is 13. The fourth-order valence-corrected chi connectivity index (χ4v) is 10.8. The molecule has 3 fully saturated rings. The molecule has 0 unspecified atom stereocenters. The van der Waals surface area contributed by atoms with E-state index in [-0.39, 0.29) is 139 Å². The molecule has 0 saturated carbocycles. The van der Waals surface area contributed by atoms with Crippen molar-refractivity contribution >= 4 is 88.8 Å². The molecule has 504 valence electrons. The Morgan fingerprint density at radius 1 is 0.604 bits per heavy atom. The summed E-state index contributed by atoms with van der Waals surface area (Å²) in [6.45, 7) is 4.34. The second-order valence-electron chi connectivity index (χ2n) is 23.3. The minimum absolute atomic E-state index is 0.0155. The number of aliphatic carboxylic acids is 2. The van der Waals surface area contributed by atoms with Crippen LogP contribution in [0.1, 0.15) is 129 Å². The molecule has 1 aromatic carbocycles. The number of nitrogens with two attached hydrogens (primary N) is 5. The minimum atomic E-state index is -1.88. The molecule has 34 nitrogen and oxygen atoms in total. The third-order valence-corrected chi connectivity index (χ3v) is 15.5. The first-order valence-corrected chi connectivity index (χ1v) is 30.6. The third-order valence-electron chi connectivity index (χ3n) is 15.5. The van der Waals surface area contributed by atoms with Gasteiger partial charge in [-0.15, -0.1) is 0 Å². The highest BCUT2D eigenvalue weighted by Crippen LogP contribution is 2.23. The molecule has 4 rings (SSSR count). The molecule has 1 aromatic rings. The van der Waals surface area contributed by atoms with Crippen LogP contribution in [0.2, 0.25) is 0 Å². The van der Waals surface area contributed by atoms with Crippen molar-refractivity contribution < 1.29 is 93.4 Å². The lowest BCUT2D eigenvalue weighted by atomic mass is 10.00. The van der Waals surface area contributed by atoms with Crippen LogP contribution in [0.25, 0.3) is 0 Å². The molecular formula is C57H91N18O16+. The van der Waals surface area contributed by atoms with Crippen molar-refractivity contribution in [2.75, 3.05) is 32.7 Å². The van der Waals surface area contributed by atoms with Crippen molar-refractivity contribution in [1.29, 1.82) is 0 Å². The van der Waals surface area contributed by atoms with Crippen LogP contribution < -0.4 is 97.1 Å². The van der Waals surface area contributed by atoms with E-state index in [9.17, 15) is 77.6 Å². The zero-order valence-electron chi connectivity index (χ0n) is 51.5. The van der Waals surface area contributed by atoms with Gasteiger partial charge in [-0.05, 0) is 120 Å². The summed E-state index contributed by atoms with van der Waals surface area (Å²) in [6, 6.07) is -8.49. The number of aromatic hydroxyl groups is 1. The number of benzene rings is 1. The third kappa shape index (κ3) is 24.9. The van der Waals surface area contributed by atoms with Crippen molar-refractivity contribution in [1.82, 2.24) is 52.3 Å². The highest BCUT2D eigenvalue weighted by atomic mass is 16.4. The Morgan fingerprint density at radius 2 is 1.08 bits per heavy atom. The number of guanidine groups is 2. The topological polar surface area (TPSA) is 577 Å². The molecule has 3 aliphatic heterocycles. The molecule has 34 heteroatoms. The normalized spacial score (nSPS) is 18.3. The molecule has 3 heterocycles. The Balaban J connectivity index is 1.60. The molecule has 0 aromatic heterocycles. The van der Waals surface area contributed by atoms with E-state index in [2.05, 4.69) is 58.3 Å². The first-order valence-electron chi connectivity index (χ1n) is 30.6. The monoisotopic (exact) mass is 1280 g/mol. The zero-order valence-corrected chi connectivity index (χ0v) is 51.5. The summed E-state index contributed by atoms with van der Waals surface area (Å²) in [6.07, 6.45) is -0.506. The maximum absolute atomic E-state index is 14.8. The molecule has 91 heavy (non-hydrogen) atoms. The lowest BCUT2D eigenvalue weighted by molar-refractivity contribution is -0.460. The number of amides is 11. The van der Waals surface area contributed by atoms with Crippen LogP contribution in [-0.2, 0) is 68.7 Å². The van der Waals surface area contributed by atoms with Crippen molar-refractivity contribution in [3.8, 4) is 5.75 Å². The molecule has 3 aliphatic rings. The summed E-state index contributed by atoms with van der Waals surface area (Å²) in [4.78, 5) is 184. The lowest BCUT2D eigenvalue weighted by Crippen LogP contribution is -2.78. The molecule has 0 bridgehead atoms. The van der Waals surface area contributed by atoms with Gasteiger partial charge in [0.2, 0.25) is 65.0 Å². The summed E-state index contributed by atoms with van der Waals surface area (Å²) in [5.41, 5.74) is 32.0. The fraction of sp³-hybridized carbons (Fsp3) is 0.632. The molecular weight excluding hydrogens is 1190 g/mol. The Kier molecular flexibility index (Phi) is 30.1. The Morgan fingerprint density at radius 3 is 1.59 bits per heavy atom. The first-order chi connectivity index (χ1) is 43.1. The van der Waals surface area contributed by atoms with E-state index in [4.69, 9.17) is 28.7 Å². The number of phenols is 1. The number of carboxylic acids is 2. The number of nitrogens with zero attached hydrogens (tertiary/aromatic N) is 2. The second-order valence-corrected chi connectivity index (χ2v) is 23.3. The first kappa shape index (κ1) is 74.1. The molecule has 11 amide bonds. The Hall–Kier alpha value is -9.37. The average Bonchev–Trinajstić information content (AvgIpc) is 2.73. The number of hydrogen-bond acceptors (Lipinski definition) is 16. The van der Waals surface area contributed by atoms with Gasteiger partial charge in [0.1, 0.15) is 60.1 Å². The molecule has 0 radical (unpaired) electrons. The van der Waals surface area contributed by atoms with Crippen LogP contribution >= 0.6 is 0 Å². The summed E-state index contributed by atoms with van der Waals surface area (Å²) in [5, 5.41) is 54.3. The molecule has 0 spiro atoms. The minimum Gasteiger partial charge on any atom is -0.550 e. The van der Waals surface area contributed by atoms with Gasteiger partial charge in [0.15, 0.2) is 0 Å².